The minimum atomic E-state index is -1.05. The Hall–Kier alpha value is -3.30. The van der Waals surface area contributed by atoms with Crippen LogP contribution in [0.1, 0.15) is 27.8 Å². The van der Waals surface area contributed by atoms with E-state index >= 15 is 0 Å². The second kappa shape index (κ2) is 9.02. The van der Waals surface area contributed by atoms with Gasteiger partial charge in [-0.05, 0) is 29.3 Å². The number of carbonyl (C=O) groups is 1. The molecule has 154 valence electrons. The molecule has 11 heteroatoms. The fourth-order valence-electron chi connectivity index (χ4n) is 3.20. The zero-order chi connectivity index (χ0) is 21.8. The first-order valence-corrected chi connectivity index (χ1v) is 9.38. The van der Waals surface area contributed by atoms with Crippen molar-refractivity contribution in [1.82, 2.24) is 9.78 Å². The zero-order valence-corrected chi connectivity index (χ0v) is 16.7. The van der Waals surface area contributed by atoms with Gasteiger partial charge in [0.2, 0.25) is 6.54 Å². The van der Waals surface area contributed by atoms with E-state index in [1.54, 1.807) is 12.1 Å². The Kier molecular flexibility index (Phi) is 6.43. The molecule has 0 aliphatic carbocycles. The number of hydrogen-bond donors (Lipinski definition) is 0. The number of nitro benzene ring substituents is 1. The van der Waals surface area contributed by atoms with E-state index in [9.17, 15) is 25.0 Å². The van der Waals surface area contributed by atoms with Crippen LogP contribution >= 0.6 is 23.2 Å². The molecule has 0 aliphatic rings. The number of carbonyl (C=O) groups excluding carboxylic acids is 1. The van der Waals surface area contributed by atoms with E-state index in [0.29, 0.717) is 11.1 Å². The summed E-state index contributed by atoms with van der Waals surface area (Å²) >= 11 is 12.1. The van der Waals surface area contributed by atoms with Crippen molar-refractivity contribution in [2.45, 2.75) is 11.8 Å². The Balaban J connectivity index is 2.15. The first-order valence-electron chi connectivity index (χ1n) is 8.63. The fourth-order valence-corrected chi connectivity index (χ4v) is 3.51. The van der Waals surface area contributed by atoms with E-state index < -0.39 is 34.1 Å². The van der Waals surface area contributed by atoms with E-state index in [4.69, 9.17) is 23.2 Å². The number of non-ortho nitro benzene ring substituents is 1. The van der Waals surface area contributed by atoms with Gasteiger partial charge in [0.05, 0.1) is 26.8 Å². The lowest BCUT2D eigenvalue weighted by atomic mass is 9.80. The fraction of sp³-hybridized carbons (Fsp3) is 0.158. The largest absolute Gasteiger partial charge is 0.272 e. The van der Waals surface area contributed by atoms with Gasteiger partial charge in [-0.1, -0.05) is 41.4 Å². The van der Waals surface area contributed by atoms with Crippen molar-refractivity contribution in [1.29, 1.82) is 0 Å². The van der Waals surface area contributed by atoms with Crippen LogP contribution in [0, 0.1) is 20.2 Å². The van der Waals surface area contributed by atoms with Crippen molar-refractivity contribution in [3.63, 3.8) is 0 Å². The smallest absolute Gasteiger partial charge is 0.269 e. The first kappa shape index (κ1) is 21.4. The van der Waals surface area contributed by atoms with Crippen molar-refractivity contribution in [3.05, 3.63) is 102 Å². The van der Waals surface area contributed by atoms with E-state index in [0.717, 1.165) is 4.68 Å². The van der Waals surface area contributed by atoms with Crippen LogP contribution in [-0.4, -0.2) is 32.1 Å². The van der Waals surface area contributed by atoms with Crippen LogP contribution in [0.4, 0.5) is 5.69 Å². The maximum atomic E-state index is 13.3. The van der Waals surface area contributed by atoms with Crippen molar-refractivity contribution in [2.75, 3.05) is 6.54 Å². The Morgan fingerprint density at radius 3 is 2.23 bits per heavy atom. The summed E-state index contributed by atoms with van der Waals surface area (Å²) in [5.41, 5.74) is 0.647. The van der Waals surface area contributed by atoms with Gasteiger partial charge in [0.1, 0.15) is 0 Å². The van der Waals surface area contributed by atoms with E-state index in [-0.39, 0.29) is 15.7 Å². The predicted molar refractivity (Wildman–Crippen MR) is 110 cm³/mol. The Bertz CT molecular complexity index is 1090. The van der Waals surface area contributed by atoms with Crippen LogP contribution in [0.2, 0.25) is 10.0 Å². The van der Waals surface area contributed by atoms with Crippen molar-refractivity contribution >= 4 is 34.8 Å². The van der Waals surface area contributed by atoms with Gasteiger partial charge in [0.25, 0.3) is 11.6 Å². The lowest BCUT2D eigenvalue weighted by Gasteiger charge is -2.24. The van der Waals surface area contributed by atoms with Crippen LogP contribution in [0.3, 0.4) is 0 Å². The number of nitro groups is 2. The Labute approximate surface area is 180 Å². The van der Waals surface area contributed by atoms with Crippen molar-refractivity contribution in [2.24, 2.45) is 0 Å². The molecule has 0 aliphatic heterocycles. The summed E-state index contributed by atoms with van der Waals surface area (Å²) in [6, 6.07) is 11.4. The summed E-state index contributed by atoms with van der Waals surface area (Å²) in [6.07, 6.45) is 2.84. The quantitative estimate of drug-likeness (QED) is 0.384. The third-order valence-corrected chi connectivity index (χ3v) is 5.32. The summed E-state index contributed by atoms with van der Waals surface area (Å²) in [6.45, 7) is -0.577. The summed E-state index contributed by atoms with van der Waals surface area (Å²) in [7, 11) is 0. The SMILES string of the molecule is O=C([C@@H](c1ccc([N+](=O)[O-])cc1)[C@H](C[N+](=O)[O-])c1ccc(Cl)c(Cl)c1)n1cccn1. The van der Waals surface area contributed by atoms with E-state index in [1.165, 1.54) is 48.8 Å². The Morgan fingerprint density at radius 2 is 1.70 bits per heavy atom. The van der Waals surface area contributed by atoms with Gasteiger partial charge in [-0.3, -0.25) is 25.0 Å². The molecular formula is C19H14Cl2N4O5. The highest BCUT2D eigenvalue weighted by atomic mass is 35.5. The highest BCUT2D eigenvalue weighted by Crippen LogP contribution is 2.37. The lowest BCUT2D eigenvalue weighted by Crippen LogP contribution is -2.30. The standard InChI is InChI=1S/C19H14Cl2N4O5/c20-16-7-4-13(10-17(16)21)15(11-24(27)28)18(19(26)23-9-1-8-22-23)12-2-5-14(6-3-12)25(29)30/h1-10,15,18H,11H2/t15-,18+/m1/s1. The number of benzene rings is 2. The molecule has 0 spiro atoms. The molecule has 2 aromatic carbocycles. The maximum Gasteiger partial charge on any atom is 0.269 e. The predicted octanol–water partition coefficient (Wildman–Crippen LogP) is 4.58. The molecule has 0 radical (unpaired) electrons. The monoisotopic (exact) mass is 448 g/mol. The van der Waals surface area contributed by atoms with Gasteiger partial charge in [0, 0.05) is 29.4 Å². The third-order valence-electron chi connectivity index (χ3n) is 4.58. The van der Waals surface area contributed by atoms with E-state index in [2.05, 4.69) is 5.10 Å². The summed E-state index contributed by atoms with van der Waals surface area (Å²) in [5.74, 6) is -2.49. The van der Waals surface area contributed by atoms with Gasteiger partial charge in [-0.2, -0.15) is 5.10 Å². The van der Waals surface area contributed by atoms with Crippen LogP contribution in [0.15, 0.2) is 60.9 Å². The molecular weight excluding hydrogens is 435 g/mol. The second-order valence-corrected chi connectivity index (χ2v) is 7.22. The third kappa shape index (κ3) is 4.64. The second-order valence-electron chi connectivity index (χ2n) is 6.41. The average molecular weight is 449 g/mol. The molecule has 0 bridgehead atoms. The molecule has 0 fully saturated rings. The molecule has 0 amide bonds. The van der Waals surface area contributed by atoms with Gasteiger partial charge in [0.15, 0.2) is 0 Å². The zero-order valence-electron chi connectivity index (χ0n) is 15.2. The van der Waals surface area contributed by atoms with Crippen LogP contribution in [-0.2, 0) is 0 Å². The van der Waals surface area contributed by atoms with E-state index in [1.807, 2.05) is 0 Å². The summed E-state index contributed by atoms with van der Waals surface area (Å²) in [5, 5.41) is 26.8. The molecule has 0 N–H and O–H groups in total. The van der Waals surface area contributed by atoms with Crippen molar-refractivity contribution in [3.8, 4) is 0 Å². The molecule has 2 atom stereocenters. The average Bonchev–Trinajstić information content (AvgIpc) is 3.24. The number of hydrogen-bond acceptors (Lipinski definition) is 6. The van der Waals surface area contributed by atoms with Crippen LogP contribution in [0.5, 0.6) is 0 Å². The molecule has 0 saturated heterocycles. The number of aromatic nitrogens is 2. The lowest BCUT2D eigenvalue weighted by molar-refractivity contribution is -0.483. The topological polar surface area (TPSA) is 121 Å². The van der Waals surface area contributed by atoms with Gasteiger partial charge in [-0.15, -0.1) is 0 Å². The minimum Gasteiger partial charge on any atom is -0.272 e. The molecule has 30 heavy (non-hydrogen) atoms. The highest BCUT2D eigenvalue weighted by molar-refractivity contribution is 6.42. The molecule has 0 unspecified atom stereocenters. The Morgan fingerprint density at radius 1 is 1.03 bits per heavy atom. The van der Waals surface area contributed by atoms with Crippen LogP contribution < -0.4 is 0 Å². The molecule has 3 rings (SSSR count). The summed E-state index contributed by atoms with van der Waals surface area (Å²) < 4.78 is 1.08. The van der Waals surface area contributed by atoms with Gasteiger partial charge >= 0.3 is 0 Å². The molecule has 0 saturated carbocycles. The molecule has 1 heterocycles. The normalized spacial score (nSPS) is 12.9. The number of rotatable bonds is 7. The maximum absolute atomic E-state index is 13.3. The summed E-state index contributed by atoms with van der Waals surface area (Å²) in [4.78, 5) is 34.6. The minimum absolute atomic E-state index is 0.163. The molecule has 1 aromatic heterocycles. The molecule has 9 nitrogen and oxygen atoms in total. The molecule has 3 aromatic rings. The van der Waals surface area contributed by atoms with Gasteiger partial charge < -0.3 is 0 Å². The first-order chi connectivity index (χ1) is 14.3. The highest BCUT2D eigenvalue weighted by Gasteiger charge is 2.36. The number of nitrogens with zero attached hydrogens (tertiary/aromatic N) is 4. The number of halogens is 2. The van der Waals surface area contributed by atoms with Crippen LogP contribution in [0.25, 0.3) is 0 Å². The van der Waals surface area contributed by atoms with Crippen molar-refractivity contribution < 1.29 is 14.6 Å². The van der Waals surface area contributed by atoms with Gasteiger partial charge in [-0.25, -0.2) is 4.68 Å².